The summed E-state index contributed by atoms with van der Waals surface area (Å²) in [7, 11) is -3.74. The van der Waals surface area contributed by atoms with Crippen LogP contribution in [0, 0.1) is 5.92 Å². The number of hydrogen-bond donors (Lipinski definition) is 2. The maximum absolute atomic E-state index is 12.6. The molecule has 2 aromatic rings. The minimum atomic E-state index is -3.74. The Morgan fingerprint density at radius 1 is 1.21 bits per heavy atom. The van der Waals surface area contributed by atoms with Gasteiger partial charge in [0.15, 0.2) is 0 Å². The highest BCUT2D eigenvalue weighted by Gasteiger charge is 2.28. The quantitative estimate of drug-likeness (QED) is 0.666. The number of sulfonamides is 1. The van der Waals surface area contributed by atoms with Crippen molar-refractivity contribution in [1.82, 2.24) is 10.0 Å². The normalized spacial score (nSPS) is 15.7. The van der Waals surface area contributed by atoms with E-state index >= 15 is 0 Å². The van der Waals surface area contributed by atoms with Gasteiger partial charge >= 0.3 is 0 Å². The summed E-state index contributed by atoms with van der Waals surface area (Å²) in [6, 6.07) is 9.75. The van der Waals surface area contributed by atoms with Crippen molar-refractivity contribution in [3.05, 3.63) is 47.3 Å². The van der Waals surface area contributed by atoms with E-state index in [0.717, 1.165) is 35.6 Å². The van der Waals surface area contributed by atoms with Crippen molar-refractivity contribution in [1.29, 1.82) is 0 Å². The van der Waals surface area contributed by atoms with Crippen molar-refractivity contribution in [3.8, 4) is 0 Å². The molecule has 1 aromatic carbocycles. The molecule has 0 radical (unpaired) electrons. The molecule has 156 valence electrons. The molecule has 7 nitrogen and oxygen atoms in total. The Balaban J connectivity index is 1.61. The molecule has 0 bridgehead atoms. The molecule has 1 atom stereocenters. The first-order valence-electron chi connectivity index (χ1n) is 9.51. The van der Waals surface area contributed by atoms with Crippen molar-refractivity contribution >= 4 is 38.9 Å². The molecule has 9 heteroatoms. The van der Waals surface area contributed by atoms with Crippen LogP contribution in [0.25, 0.3) is 0 Å². The Morgan fingerprint density at radius 2 is 1.93 bits per heavy atom. The van der Waals surface area contributed by atoms with Crippen molar-refractivity contribution in [2.45, 2.75) is 43.5 Å². The van der Waals surface area contributed by atoms with Crippen molar-refractivity contribution in [3.63, 3.8) is 0 Å². The minimum absolute atomic E-state index is 0.129. The molecule has 1 aliphatic heterocycles. The molecule has 1 aromatic heterocycles. The monoisotopic (exact) mass is 435 g/mol. The van der Waals surface area contributed by atoms with E-state index in [4.69, 9.17) is 0 Å². The van der Waals surface area contributed by atoms with Crippen LogP contribution in [-0.2, 0) is 26.2 Å². The van der Waals surface area contributed by atoms with E-state index in [1.807, 2.05) is 24.3 Å². The zero-order chi connectivity index (χ0) is 21.0. The van der Waals surface area contributed by atoms with Crippen LogP contribution >= 0.6 is 11.3 Å². The third kappa shape index (κ3) is 5.23. The van der Waals surface area contributed by atoms with Crippen LogP contribution in [0.15, 0.2) is 46.0 Å². The van der Waals surface area contributed by atoms with Crippen LogP contribution in [-0.4, -0.2) is 32.8 Å². The van der Waals surface area contributed by atoms with E-state index in [9.17, 15) is 18.0 Å². The number of nitrogens with zero attached hydrogens (tertiary/aromatic N) is 1. The average Bonchev–Trinajstić information content (AvgIpc) is 3.37. The van der Waals surface area contributed by atoms with E-state index in [2.05, 4.69) is 10.0 Å². The van der Waals surface area contributed by atoms with E-state index in [0.29, 0.717) is 6.42 Å². The van der Waals surface area contributed by atoms with Gasteiger partial charge in [0.25, 0.3) is 10.0 Å². The molecule has 3 rings (SSSR count). The van der Waals surface area contributed by atoms with Gasteiger partial charge in [-0.15, -0.1) is 11.3 Å². The van der Waals surface area contributed by atoms with Gasteiger partial charge in [-0.3, -0.25) is 9.59 Å². The summed E-state index contributed by atoms with van der Waals surface area (Å²) in [6.07, 6.45) is 1.45. The number of hydrogen-bond acceptors (Lipinski definition) is 5. The zero-order valence-electron chi connectivity index (χ0n) is 16.4. The van der Waals surface area contributed by atoms with Crippen molar-refractivity contribution in [2.24, 2.45) is 5.92 Å². The predicted octanol–water partition coefficient (Wildman–Crippen LogP) is 2.49. The second-order valence-electron chi connectivity index (χ2n) is 7.31. The second kappa shape index (κ2) is 9.06. The number of anilines is 1. The Kier molecular flexibility index (Phi) is 6.71. The highest BCUT2D eigenvalue weighted by molar-refractivity contribution is 7.91. The molecule has 2 heterocycles. The number of amides is 2. The van der Waals surface area contributed by atoms with Crippen LogP contribution in [0.2, 0.25) is 0 Å². The van der Waals surface area contributed by atoms with Crippen LogP contribution in [0.4, 0.5) is 5.69 Å². The van der Waals surface area contributed by atoms with Gasteiger partial charge in [0.2, 0.25) is 11.8 Å². The summed E-state index contributed by atoms with van der Waals surface area (Å²) in [6.45, 7) is 4.60. The molecule has 1 aliphatic rings. The maximum atomic E-state index is 12.6. The van der Waals surface area contributed by atoms with Gasteiger partial charge in [-0.25, -0.2) is 8.42 Å². The Hall–Kier alpha value is -2.23. The van der Waals surface area contributed by atoms with E-state index in [-0.39, 0.29) is 28.5 Å². The summed E-state index contributed by atoms with van der Waals surface area (Å²) >= 11 is 1.11. The average molecular weight is 436 g/mol. The number of rotatable bonds is 8. The number of nitrogens with one attached hydrogen (secondary N) is 2. The molecule has 0 spiro atoms. The fourth-order valence-corrected chi connectivity index (χ4v) is 5.50. The molecule has 0 saturated carbocycles. The third-order valence-electron chi connectivity index (χ3n) is 4.78. The van der Waals surface area contributed by atoms with Crippen molar-refractivity contribution in [2.75, 3.05) is 11.4 Å². The molecule has 29 heavy (non-hydrogen) atoms. The largest absolute Gasteiger partial charge is 0.351 e. The van der Waals surface area contributed by atoms with Gasteiger partial charge in [0.05, 0.1) is 0 Å². The fourth-order valence-electron chi connectivity index (χ4n) is 3.15. The van der Waals surface area contributed by atoms with E-state index in [1.165, 1.54) is 6.07 Å². The SMILES string of the molecule is CC(C)C(NS(=O)(=O)c1cccs1)C(=O)NCc1ccc(N2CCCC2=O)cc1. The standard InChI is InChI=1S/C20H25N3O4S2/c1-14(2)19(22-29(26,27)18-6-4-12-28-18)20(25)21-13-15-7-9-16(10-8-15)23-11-3-5-17(23)24/h4,6-10,12,14,19,22H,3,5,11,13H2,1-2H3,(H,21,25). The number of carbonyl (C=O) groups is 2. The zero-order valence-corrected chi connectivity index (χ0v) is 18.1. The first-order valence-corrected chi connectivity index (χ1v) is 11.9. The summed E-state index contributed by atoms with van der Waals surface area (Å²) in [5.41, 5.74) is 1.73. The molecular formula is C20H25N3O4S2. The van der Waals surface area contributed by atoms with Crippen molar-refractivity contribution < 1.29 is 18.0 Å². The van der Waals surface area contributed by atoms with Crippen LogP contribution in [0.5, 0.6) is 0 Å². The summed E-state index contributed by atoms with van der Waals surface area (Å²) in [4.78, 5) is 26.2. The molecule has 2 N–H and O–H groups in total. The smallest absolute Gasteiger partial charge is 0.250 e. The van der Waals surface area contributed by atoms with Gasteiger partial charge in [-0.2, -0.15) is 4.72 Å². The predicted molar refractivity (Wildman–Crippen MR) is 113 cm³/mol. The molecule has 1 unspecified atom stereocenters. The molecule has 1 saturated heterocycles. The summed E-state index contributed by atoms with van der Waals surface area (Å²) in [5, 5.41) is 4.48. The lowest BCUT2D eigenvalue weighted by molar-refractivity contribution is -0.123. The Labute approximate surface area is 175 Å². The Morgan fingerprint density at radius 3 is 2.48 bits per heavy atom. The molecule has 2 amide bonds. The molecular weight excluding hydrogens is 410 g/mol. The lowest BCUT2D eigenvalue weighted by Gasteiger charge is -2.21. The van der Waals surface area contributed by atoms with Gasteiger partial charge < -0.3 is 10.2 Å². The fraction of sp³-hybridized carbons (Fsp3) is 0.400. The van der Waals surface area contributed by atoms with Gasteiger partial charge in [-0.1, -0.05) is 32.0 Å². The lowest BCUT2D eigenvalue weighted by atomic mass is 10.0. The van der Waals surface area contributed by atoms with Gasteiger partial charge in [-0.05, 0) is 41.5 Å². The van der Waals surface area contributed by atoms with Gasteiger partial charge in [0, 0.05) is 25.2 Å². The first kappa shape index (κ1) is 21.5. The topological polar surface area (TPSA) is 95.6 Å². The van der Waals surface area contributed by atoms with Crippen LogP contribution in [0.3, 0.4) is 0 Å². The second-order valence-corrected chi connectivity index (χ2v) is 10.2. The highest BCUT2D eigenvalue weighted by atomic mass is 32.2. The Bertz CT molecular complexity index is 954. The first-order chi connectivity index (χ1) is 13.8. The molecule has 1 fully saturated rings. The van der Waals surface area contributed by atoms with E-state index in [1.54, 1.807) is 30.2 Å². The van der Waals surface area contributed by atoms with Crippen LogP contribution < -0.4 is 14.9 Å². The summed E-state index contributed by atoms with van der Waals surface area (Å²) in [5.74, 6) is -0.462. The maximum Gasteiger partial charge on any atom is 0.250 e. The number of thiophene rings is 1. The van der Waals surface area contributed by atoms with Gasteiger partial charge in [0.1, 0.15) is 10.3 Å². The number of benzene rings is 1. The minimum Gasteiger partial charge on any atom is -0.351 e. The highest BCUT2D eigenvalue weighted by Crippen LogP contribution is 2.22. The van der Waals surface area contributed by atoms with E-state index < -0.39 is 16.1 Å². The molecule has 0 aliphatic carbocycles. The number of carbonyl (C=O) groups excluding carboxylic acids is 2. The lowest BCUT2D eigenvalue weighted by Crippen LogP contribution is -2.49. The summed E-state index contributed by atoms with van der Waals surface area (Å²) < 4.78 is 27.6. The third-order valence-corrected chi connectivity index (χ3v) is 7.62. The van der Waals surface area contributed by atoms with Crippen LogP contribution in [0.1, 0.15) is 32.3 Å².